The van der Waals surface area contributed by atoms with Crippen molar-refractivity contribution in [2.24, 2.45) is 0 Å². The van der Waals surface area contributed by atoms with Crippen molar-refractivity contribution < 1.29 is 0 Å². The summed E-state index contributed by atoms with van der Waals surface area (Å²) in [5.74, 6) is 0. The summed E-state index contributed by atoms with van der Waals surface area (Å²) in [6.07, 6.45) is 5.55. The molecule has 0 aliphatic carbocycles. The zero-order valence-electron chi connectivity index (χ0n) is 7.14. The van der Waals surface area contributed by atoms with E-state index >= 15 is 0 Å². The minimum absolute atomic E-state index is 1.23. The van der Waals surface area contributed by atoms with E-state index in [1.807, 2.05) is 0 Å². The molecule has 2 nitrogen and oxygen atoms in total. The predicted octanol–water partition coefficient (Wildman–Crippen LogP) is 1.34. The van der Waals surface area contributed by atoms with Crippen LogP contribution in [0.25, 0.3) is 0 Å². The van der Waals surface area contributed by atoms with Gasteiger partial charge in [-0.15, -0.1) is 0 Å². The van der Waals surface area contributed by atoms with Gasteiger partial charge in [0.05, 0.1) is 0 Å². The Labute approximate surface area is 63.8 Å². The number of hydrogen-bond acceptors (Lipinski definition) is 2. The Hall–Kier alpha value is -0.0800. The van der Waals surface area contributed by atoms with Crippen LogP contribution in [0.15, 0.2) is 0 Å². The van der Waals surface area contributed by atoms with Crippen molar-refractivity contribution in [2.45, 2.75) is 25.7 Å². The second-order valence-corrected chi connectivity index (χ2v) is 3.18. The fraction of sp³-hybridized carbons (Fsp3) is 1.00. The highest BCUT2D eigenvalue weighted by atomic mass is 15.6. The van der Waals surface area contributed by atoms with E-state index < -0.39 is 0 Å². The van der Waals surface area contributed by atoms with Crippen LogP contribution in [0.4, 0.5) is 0 Å². The van der Waals surface area contributed by atoms with Crippen LogP contribution in [-0.4, -0.2) is 37.2 Å². The summed E-state index contributed by atoms with van der Waals surface area (Å²) in [6.45, 7) is 2.47. The molecule has 1 heterocycles. The molecule has 2 heteroatoms. The molecule has 1 aliphatic heterocycles. The first-order valence-electron chi connectivity index (χ1n) is 4.23. The maximum atomic E-state index is 2.32. The molecule has 0 aromatic heterocycles. The van der Waals surface area contributed by atoms with Crippen molar-refractivity contribution >= 4 is 0 Å². The monoisotopic (exact) mass is 142 g/mol. The molecule has 0 radical (unpaired) electrons. The van der Waals surface area contributed by atoms with Crippen molar-refractivity contribution in [1.29, 1.82) is 0 Å². The third-order valence-electron chi connectivity index (χ3n) is 2.30. The van der Waals surface area contributed by atoms with Gasteiger partial charge in [-0.1, -0.05) is 12.8 Å². The van der Waals surface area contributed by atoms with Gasteiger partial charge in [-0.2, -0.15) is 0 Å². The maximum absolute atomic E-state index is 2.32. The quantitative estimate of drug-likeness (QED) is 0.503. The van der Waals surface area contributed by atoms with E-state index in [9.17, 15) is 0 Å². The SMILES string of the molecule is CN1CCCCCCN1C. The van der Waals surface area contributed by atoms with E-state index in [-0.39, 0.29) is 0 Å². The van der Waals surface area contributed by atoms with Crippen molar-refractivity contribution in [3.05, 3.63) is 0 Å². The number of nitrogens with zero attached hydrogens (tertiary/aromatic N) is 2. The fourth-order valence-electron chi connectivity index (χ4n) is 1.38. The first-order valence-corrected chi connectivity index (χ1v) is 4.23. The summed E-state index contributed by atoms with van der Waals surface area (Å²) >= 11 is 0. The first-order chi connectivity index (χ1) is 4.80. The molecule has 1 saturated heterocycles. The fourth-order valence-corrected chi connectivity index (χ4v) is 1.38. The lowest BCUT2D eigenvalue weighted by atomic mass is 10.2. The van der Waals surface area contributed by atoms with Crippen LogP contribution in [0, 0.1) is 0 Å². The molecule has 0 unspecified atom stereocenters. The Balaban J connectivity index is 2.28. The third-order valence-corrected chi connectivity index (χ3v) is 2.30. The molecule has 0 aromatic rings. The molecule has 1 aliphatic rings. The van der Waals surface area contributed by atoms with Gasteiger partial charge in [-0.25, -0.2) is 10.0 Å². The average molecular weight is 142 g/mol. The van der Waals surface area contributed by atoms with Crippen LogP contribution in [0.3, 0.4) is 0 Å². The standard InChI is InChI=1S/C8H18N2/c1-9-7-5-3-4-6-8-10(9)2/h3-8H2,1-2H3. The number of rotatable bonds is 0. The van der Waals surface area contributed by atoms with Crippen molar-refractivity contribution in [3.8, 4) is 0 Å². The Morgan fingerprint density at radius 3 is 1.50 bits per heavy atom. The van der Waals surface area contributed by atoms with Crippen molar-refractivity contribution in [3.63, 3.8) is 0 Å². The highest BCUT2D eigenvalue weighted by Gasteiger charge is 2.07. The molecule has 1 rings (SSSR count). The molecular formula is C8H18N2. The zero-order chi connectivity index (χ0) is 7.40. The van der Waals surface area contributed by atoms with Crippen LogP contribution in [0.2, 0.25) is 0 Å². The summed E-state index contributed by atoms with van der Waals surface area (Å²) in [5.41, 5.74) is 0. The molecule has 0 saturated carbocycles. The molecule has 0 bridgehead atoms. The van der Waals surface area contributed by atoms with E-state index in [2.05, 4.69) is 24.1 Å². The topological polar surface area (TPSA) is 6.48 Å². The van der Waals surface area contributed by atoms with Gasteiger partial charge in [0.15, 0.2) is 0 Å². The lowest BCUT2D eigenvalue weighted by Crippen LogP contribution is -2.38. The Bertz CT molecular complexity index is 81.3. The van der Waals surface area contributed by atoms with E-state index in [4.69, 9.17) is 0 Å². The maximum Gasteiger partial charge on any atom is 0.0130 e. The van der Waals surface area contributed by atoms with Gasteiger partial charge >= 0.3 is 0 Å². The van der Waals surface area contributed by atoms with E-state index in [1.165, 1.54) is 38.8 Å². The highest BCUT2D eigenvalue weighted by Crippen LogP contribution is 2.07. The summed E-state index contributed by atoms with van der Waals surface area (Å²) in [6, 6.07) is 0. The molecule has 60 valence electrons. The minimum atomic E-state index is 1.23. The second-order valence-electron chi connectivity index (χ2n) is 3.18. The van der Waals surface area contributed by atoms with Gasteiger partial charge in [0.1, 0.15) is 0 Å². The molecule has 0 N–H and O–H groups in total. The van der Waals surface area contributed by atoms with E-state index in [0.29, 0.717) is 0 Å². The number of hydrogen-bond donors (Lipinski definition) is 0. The molecule has 1 fully saturated rings. The summed E-state index contributed by atoms with van der Waals surface area (Å²) in [7, 11) is 4.34. The average Bonchev–Trinajstić information content (AvgIpc) is 1.92. The minimum Gasteiger partial charge on any atom is -0.245 e. The largest absolute Gasteiger partial charge is 0.245 e. The predicted molar refractivity (Wildman–Crippen MR) is 43.7 cm³/mol. The number of hydrazine groups is 1. The molecule has 0 atom stereocenters. The van der Waals surface area contributed by atoms with Gasteiger partial charge in [0, 0.05) is 27.2 Å². The third kappa shape index (κ3) is 2.27. The molecular weight excluding hydrogens is 124 g/mol. The molecule has 0 amide bonds. The van der Waals surface area contributed by atoms with Gasteiger partial charge < -0.3 is 0 Å². The Kier molecular flexibility index (Phi) is 3.16. The van der Waals surface area contributed by atoms with Crippen LogP contribution < -0.4 is 0 Å². The van der Waals surface area contributed by atoms with Crippen LogP contribution in [-0.2, 0) is 0 Å². The van der Waals surface area contributed by atoms with Crippen LogP contribution in [0.5, 0.6) is 0 Å². The highest BCUT2D eigenvalue weighted by molar-refractivity contribution is 4.55. The summed E-state index contributed by atoms with van der Waals surface area (Å²) in [5, 5.41) is 4.64. The smallest absolute Gasteiger partial charge is 0.0130 e. The van der Waals surface area contributed by atoms with Crippen LogP contribution >= 0.6 is 0 Å². The van der Waals surface area contributed by atoms with Crippen molar-refractivity contribution in [2.75, 3.05) is 27.2 Å². The molecule has 10 heavy (non-hydrogen) atoms. The first kappa shape index (κ1) is 8.02. The lowest BCUT2D eigenvalue weighted by molar-refractivity contribution is 0.0172. The lowest BCUT2D eigenvalue weighted by Gasteiger charge is -2.30. The zero-order valence-corrected chi connectivity index (χ0v) is 7.14. The van der Waals surface area contributed by atoms with Crippen molar-refractivity contribution in [1.82, 2.24) is 10.0 Å². The van der Waals surface area contributed by atoms with E-state index in [1.54, 1.807) is 0 Å². The normalized spacial score (nSPS) is 25.8. The molecule has 0 spiro atoms. The Morgan fingerprint density at radius 2 is 1.10 bits per heavy atom. The van der Waals surface area contributed by atoms with Gasteiger partial charge in [0.25, 0.3) is 0 Å². The van der Waals surface area contributed by atoms with Crippen LogP contribution in [0.1, 0.15) is 25.7 Å². The van der Waals surface area contributed by atoms with E-state index in [0.717, 1.165) is 0 Å². The second kappa shape index (κ2) is 3.94. The van der Waals surface area contributed by atoms with Gasteiger partial charge in [-0.05, 0) is 12.8 Å². The van der Waals surface area contributed by atoms with Gasteiger partial charge in [0.2, 0.25) is 0 Å². The Morgan fingerprint density at radius 1 is 0.700 bits per heavy atom. The summed E-state index contributed by atoms with van der Waals surface area (Å²) in [4.78, 5) is 0. The summed E-state index contributed by atoms with van der Waals surface area (Å²) < 4.78 is 0. The van der Waals surface area contributed by atoms with Gasteiger partial charge in [-0.3, -0.25) is 0 Å². The molecule has 0 aromatic carbocycles.